The van der Waals surface area contributed by atoms with E-state index in [-0.39, 0.29) is 16.8 Å². The first-order chi connectivity index (χ1) is 11.7. The molecule has 2 aromatic rings. The number of anilines is 2. The molecule has 0 amide bonds. The molecule has 0 bridgehead atoms. The Hall–Kier alpha value is -2.26. The average Bonchev–Trinajstić information content (AvgIpc) is 2.45. The van der Waals surface area contributed by atoms with E-state index in [0.29, 0.717) is 22.3 Å². The van der Waals surface area contributed by atoms with E-state index in [1.807, 2.05) is 13.8 Å². The van der Waals surface area contributed by atoms with Crippen molar-refractivity contribution in [1.82, 2.24) is 15.3 Å². The predicted octanol–water partition coefficient (Wildman–Crippen LogP) is 2.59. The summed E-state index contributed by atoms with van der Waals surface area (Å²) in [6, 6.07) is 8.10. The third-order valence-corrected chi connectivity index (χ3v) is 4.64. The molecule has 0 saturated heterocycles. The Morgan fingerprint density at radius 3 is 2.32 bits per heavy atom. The minimum absolute atomic E-state index is 0.134. The number of benzene rings is 1. The van der Waals surface area contributed by atoms with Gasteiger partial charge in [0.05, 0.1) is 4.90 Å². The van der Waals surface area contributed by atoms with Gasteiger partial charge in [-0.05, 0) is 64.2 Å². The van der Waals surface area contributed by atoms with E-state index in [1.165, 1.54) is 12.1 Å². The monoisotopic (exact) mass is 379 g/mol. The number of aryl methyl sites for hydroxylation is 2. The highest BCUT2D eigenvalue weighted by Crippen LogP contribution is 2.17. The molecule has 0 radical (unpaired) electrons. The molecule has 0 atom stereocenters. The first-order valence-corrected chi connectivity index (χ1v) is 9.57. The predicted molar refractivity (Wildman–Crippen MR) is 103 cm³/mol. The van der Waals surface area contributed by atoms with Gasteiger partial charge in [-0.3, -0.25) is 4.72 Å². The van der Waals surface area contributed by atoms with Crippen LogP contribution < -0.4 is 15.4 Å². The molecule has 2 rings (SSSR count). The summed E-state index contributed by atoms with van der Waals surface area (Å²) < 4.78 is 27.4. The van der Waals surface area contributed by atoms with Crippen LogP contribution in [0.25, 0.3) is 0 Å². The molecular formula is C16H21N5O2S2. The molecule has 0 aliphatic heterocycles. The van der Waals surface area contributed by atoms with E-state index in [4.69, 9.17) is 12.2 Å². The Kier molecular flexibility index (Phi) is 5.91. The lowest BCUT2D eigenvalue weighted by Crippen LogP contribution is -2.33. The van der Waals surface area contributed by atoms with Crippen molar-refractivity contribution in [2.24, 2.45) is 0 Å². The second kappa shape index (κ2) is 7.75. The van der Waals surface area contributed by atoms with Gasteiger partial charge in [0, 0.05) is 23.5 Å². The summed E-state index contributed by atoms with van der Waals surface area (Å²) in [5, 5.41) is 6.54. The SMILES string of the molecule is Cc1cc(NS(=O)(=O)c2ccc(NC(=S)NC(C)C)cc2)nc(C)n1. The third kappa shape index (κ3) is 5.64. The van der Waals surface area contributed by atoms with Crippen molar-refractivity contribution in [3.63, 3.8) is 0 Å². The van der Waals surface area contributed by atoms with Gasteiger partial charge in [0.15, 0.2) is 5.11 Å². The summed E-state index contributed by atoms with van der Waals surface area (Å²) in [4.78, 5) is 8.35. The zero-order valence-electron chi connectivity index (χ0n) is 14.5. The Morgan fingerprint density at radius 2 is 1.76 bits per heavy atom. The summed E-state index contributed by atoms with van der Waals surface area (Å²) in [6.45, 7) is 7.44. The van der Waals surface area contributed by atoms with E-state index < -0.39 is 10.0 Å². The molecule has 1 aromatic heterocycles. The third-order valence-electron chi connectivity index (χ3n) is 3.05. The molecule has 0 unspecified atom stereocenters. The van der Waals surface area contributed by atoms with E-state index in [0.717, 1.165) is 0 Å². The van der Waals surface area contributed by atoms with Crippen LogP contribution in [0.15, 0.2) is 35.2 Å². The largest absolute Gasteiger partial charge is 0.360 e. The summed E-state index contributed by atoms with van der Waals surface area (Å²) in [5.74, 6) is 0.748. The maximum atomic E-state index is 12.5. The second-order valence-corrected chi connectivity index (χ2v) is 7.92. The maximum Gasteiger partial charge on any atom is 0.263 e. The number of hydrogen-bond donors (Lipinski definition) is 3. The van der Waals surface area contributed by atoms with Crippen molar-refractivity contribution >= 4 is 38.9 Å². The van der Waals surface area contributed by atoms with Gasteiger partial charge in [-0.1, -0.05) is 0 Å². The van der Waals surface area contributed by atoms with Gasteiger partial charge in [0.25, 0.3) is 10.0 Å². The Morgan fingerprint density at radius 1 is 1.12 bits per heavy atom. The Labute approximate surface area is 153 Å². The molecule has 1 aromatic carbocycles. The topological polar surface area (TPSA) is 96.0 Å². The first kappa shape index (κ1) is 19.1. The minimum Gasteiger partial charge on any atom is -0.360 e. The molecule has 9 heteroatoms. The molecular weight excluding hydrogens is 358 g/mol. The zero-order chi connectivity index (χ0) is 18.6. The fraction of sp³-hybridized carbons (Fsp3) is 0.312. The molecule has 0 aliphatic rings. The van der Waals surface area contributed by atoms with Gasteiger partial charge >= 0.3 is 0 Å². The van der Waals surface area contributed by atoms with Crippen LogP contribution in [0.4, 0.5) is 11.5 Å². The van der Waals surface area contributed by atoms with Crippen LogP contribution in [-0.4, -0.2) is 29.5 Å². The second-order valence-electron chi connectivity index (χ2n) is 5.82. The molecule has 0 spiro atoms. The van der Waals surface area contributed by atoms with Crippen LogP contribution in [0.3, 0.4) is 0 Å². The molecule has 25 heavy (non-hydrogen) atoms. The van der Waals surface area contributed by atoms with Crippen LogP contribution in [0.5, 0.6) is 0 Å². The van der Waals surface area contributed by atoms with Crippen molar-refractivity contribution in [1.29, 1.82) is 0 Å². The molecule has 7 nitrogen and oxygen atoms in total. The highest BCUT2D eigenvalue weighted by Gasteiger charge is 2.15. The van der Waals surface area contributed by atoms with E-state index >= 15 is 0 Å². The van der Waals surface area contributed by atoms with Gasteiger partial charge in [-0.2, -0.15) is 0 Å². The fourth-order valence-electron chi connectivity index (χ4n) is 2.11. The van der Waals surface area contributed by atoms with E-state index in [9.17, 15) is 8.42 Å². The lowest BCUT2D eigenvalue weighted by molar-refractivity contribution is 0.601. The van der Waals surface area contributed by atoms with Gasteiger partial charge in [0.1, 0.15) is 11.6 Å². The van der Waals surface area contributed by atoms with Crippen LogP contribution in [0.2, 0.25) is 0 Å². The molecule has 0 fully saturated rings. The zero-order valence-corrected chi connectivity index (χ0v) is 16.1. The Bertz CT molecular complexity index is 844. The molecule has 0 saturated carbocycles. The molecule has 3 N–H and O–H groups in total. The highest BCUT2D eigenvalue weighted by atomic mass is 32.2. The molecule has 0 aliphatic carbocycles. The number of thiocarbonyl (C=S) groups is 1. The van der Waals surface area contributed by atoms with Crippen molar-refractivity contribution in [2.45, 2.75) is 38.6 Å². The minimum atomic E-state index is -3.73. The molecule has 134 valence electrons. The quantitative estimate of drug-likeness (QED) is 0.687. The normalized spacial score (nSPS) is 11.2. The van der Waals surface area contributed by atoms with Crippen molar-refractivity contribution in [3.8, 4) is 0 Å². The molecule has 1 heterocycles. The Balaban J connectivity index is 2.13. The fourth-order valence-corrected chi connectivity index (χ4v) is 3.46. The lowest BCUT2D eigenvalue weighted by Gasteiger charge is -2.13. The van der Waals surface area contributed by atoms with E-state index in [2.05, 4.69) is 25.3 Å². The summed E-state index contributed by atoms with van der Waals surface area (Å²) >= 11 is 5.16. The van der Waals surface area contributed by atoms with Crippen molar-refractivity contribution < 1.29 is 8.42 Å². The van der Waals surface area contributed by atoms with Gasteiger partial charge < -0.3 is 10.6 Å². The number of hydrogen-bond acceptors (Lipinski definition) is 5. The number of nitrogens with zero attached hydrogens (tertiary/aromatic N) is 2. The number of sulfonamides is 1. The number of nitrogens with one attached hydrogen (secondary N) is 3. The van der Waals surface area contributed by atoms with Gasteiger partial charge in [-0.15, -0.1) is 0 Å². The van der Waals surface area contributed by atoms with Crippen LogP contribution in [0.1, 0.15) is 25.4 Å². The van der Waals surface area contributed by atoms with Gasteiger partial charge in [-0.25, -0.2) is 18.4 Å². The van der Waals surface area contributed by atoms with Crippen LogP contribution in [0, 0.1) is 13.8 Å². The standard InChI is InChI=1S/C16H21N5O2S2/c1-10(2)17-16(24)20-13-5-7-14(8-6-13)25(22,23)21-15-9-11(3)18-12(4)19-15/h5-10H,1-4H3,(H2,17,20,24)(H,18,19,21). The van der Waals surface area contributed by atoms with Gasteiger partial charge in [0.2, 0.25) is 0 Å². The summed E-state index contributed by atoms with van der Waals surface area (Å²) in [5.41, 5.74) is 1.39. The number of aromatic nitrogens is 2. The number of rotatable bonds is 5. The summed E-state index contributed by atoms with van der Waals surface area (Å²) in [6.07, 6.45) is 0. The lowest BCUT2D eigenvalue weighted by atomic mass is 10.3. The van der Waals surface area contributed by atoms with Crippen LogP contribution in [-0.2, 0) is 10.0 Å². The van der Waals surface area contributed by atoms with Crippen LogP contribution >= 0.6 is 12.2 Å². The van der Waals surface area contributed by atoms with Crippen molar-refractivity contribution in [2.75, 3.05) is 10.0 Å². The highest BCUT2D eigenvalue weighted by molar-refractivity contribution is 7.92. The van der Waals surface area contributed by atoms with Crippen molar-refractivity contribution in [3.05, 3.63) is 41.9 Å². The summed E-state index contributed by atoms with van der Waals surface area (Å²) in [7, 11) is -3.73. The average molecular weight is 380 g/mol. The first-order valence-electron chi connectivity index (χ1n) is 7.68. The maximum absolute atomic E-state index is 12.5. The van der Waals surface area contributed by atoms with E-state index in [1.54, 1.807) is 32.0 Å². The smallest absolute Gasteiger partial charge is 0.263 e.